The Labute approximate surface area is 98.0 Å². The minimum atomic E-state index is -0.561. The Balaban J connectivity index is 2.71. The Morgan fingerprint density at radius 1 is 1.35 bits per heavy atom. The summed E-state index contributed by atoms with van der Waals surface area (Å²) in [4.78, 5) is 23.3. The molecular weight excluding hydrogens is 224 g/mol. The zero-order valence-corrected chi connectivity index (χ0v) is 9.57. The monoisotopic (exact) mass is 236 g/mol. The SMILES string of the molecule is COC(=O)c1cc(O)c(OC)c2c1CCC2=O. The predicted octanol–water partition coefficient (Wildman–Crippen LogP) is 1.32. The first-order valence-corrected chi connectivity index (χ1v) is 5.14. The second-order valence-electron chi connectivity index (χ2n) is 3.74. The number of esters is 1. The summed E-state index contributed by atoms with van der Waals surface area (Å²) in [5, 5.41) is 9.73. The van der Waals surface area contributed by atoms with Crippen LogP contribution in [0.1, 0.15) is 32.7 Å². The van der Waals surface area contributed by atoms with Crippen molar-refractivity contribution in [3.8, 4) is 11.5 Å². The first kappa shape index (κ1) is 11.4. The van der Waals surface area contributed by atoms with E-state index in [0.717, 1.165) is 0 Å². The Morgan fingerprint density at radius 3 is 2.65 bits per heavy atom. The number of benzene rings is 1. The molecule has 2 rings (SSSR count). The van der Waals surface area contributed by atoms with Gasteiger partial charge in [-0.25, -0.2) is 4.79 Å². The highest BCUT2D eigenvalue weighted by Crippen LogP contribution is 2.40. The van der Waals surface area contributed by atoms with Crippen molar-refractivity contribution in [1.82, 2.24) is 0 Å². The van der Waals surface area contributed by atoms with Gasteiger partial charge >= 0.3 is 5.97 Å². The molecule has 5 heteroatoms. The molecule has 0 saturated heterocycles. The molecule has 0 atom stereocenters. The molecule has 0 radical (unpaired) electrons. The number of carbonyl (C=O) groups excluding carboxylic acids is 2. The van der Waals surface area contributed by atoms with Gasteiger partial charge in [-0.1, -0.05) is 0 Å². The fraction of sp³-hybridized carbons (Fsp3) is 0.333. The molecule has 90 valence electrons. The number of hydrogen-bond acceptors (Lipinski definition) is 5. The number of phenols is 1. The molecule has 0 spiro atoms. The first-order valence-electron chi connectivity index (χ1n) is 5.14. The summed E-state index contributed by atoms with van der Waals surface area (Å²) in [6.07, 6.45) is 0.786. The fourth-order valence-corrected chi connectivity index (χ4v) is 2.11. The van der Waals surface area contributed by atoms with Gasteiger partial charge in [0.25, 0.3) is 0 Å². The summed E-state index contributed by atoms with van der Waals surface area (Å²) in [6.45, 7) is 0. The molecule has 1 aliphatic carbocycles. The van der Waals surface area contributed by atoms with Gasteiger partial charge in [0.2, 0.25) is 0 Å². The van der Waals surface area contributed by atoms with E-state index in [0.29, 0.717) is 24.0 Å². The van der Waals surface area contributed by atoms with Crippen LogP contribution in [0.5, 0.6) is 11.5 Å². The number of carbonyl (C=O) groups is 2. The zero-order valence-electron chi connectivity index (χ0n) is 9.57. The maximum Gasteiger partial charge on any atom is 0.338 e. The van der Waals surface area contributed by atoms with Gasteiger partial charge in [-0.3, -0.25) is 4.79 Å². The maximum atomic E-state index is 11.7. The topological polar surface area (TPSA) is 72.8 Å². The van der Waals surface area contributed by atoms with Gasteiger partial charge in [0.15, 0.2) is 17.3 Å². The van der Waals surface area contributed by atoms with Crippen molar-refractivity contribution in [2.24, 2.45) is 0 Å². The van der Waals surface area contributed by atoms with Gasteiger partial charge < -0.3 is 14.6 Å². The number of ether oxygens (including phenoxy) is 2. The number of fused-ring (bicyclic) bond motifs is 1. The summed E-state index contributed by atoms with van der Waals surface area (Å²) in [7, 11) is 2.63. The third-order valence-corrected chi connectivity index (χ3v) is 2.86. The lowest BCUT2D eigenvalue weighted by atomic mass is 10.0. The van der Waals surface area contributed by atoms with E-state index >= 15 is 0 Å². The standard InChI is InChI=1S/C12H12O5/c1-16-11-9(14)5-7(12(15)17-2)6-3-4-8(13)10(6)11/h5,14H,3-4H2,1-2H3. The number of aromatic hydroxyl groups is 1. The second-order valence-corrected chi connectivity index (χ2v) is 3.74. The van der Waals surface area contributed by atoms with Crippen LogP contribution >= 0.6 is 0 Å². The molecule has 0 fully saturated rings. The molecule has 0 aliphatic heterocycles. The van der Waals surface area contributed by atoms with E-state index in [2.05, 4.69) is 4.74 Å². The highest BCUT2D eigenvalue weighted by Gasteiger charge is 2.31. The lowest BCUT2D eigenvalue weighted by Crippen LogP contribution is -2.07. The largest absolute Gasteiger partial charge is 0.504 e. The normalized spacial score (nSPS) is 13.4. The van der Waals surface area contributed by atoms with E-state index in [4.69, 9.17) is 4.74 Å². The molecule has 0 aromatic heterocycles. The van der Waals surface area contributed by atoms with Crippen molar-refractivity contribution >= 4 is 11.8 Å². The van der Waals surface area contributed by atoms with Crippen LogP contribution in [-0.2, 0) is 11.2 Å². The van der Waals surface area contributed by atoms with Crippen LogP contribution in [-0.4, -0.2) is 31.1 Å². The highest BCUT2D eigenvalue weighted by atomic mass is 16.5. The minimum Gasteiger partial charge on any atom is -0.504 e. The van der Waals surface area contributed by atoms with Crippen molar-refractivity contribution < 1.29 is 24.2 Å². The van der Waals surface area contributed by atoms with Crippen molar-refractivity contribution in [2.75, 3.05) is 14.2 Å². The Morgan fingerprint density at radius 2 is 2.06 bits per heavy atom. The van der Waals surface area contributed by atoms with Gasteiger partial charge in [-0.05, 0) is 18.1 Å². The van der Waals surface area contributed by atoms with Crippen LogP contribution in [0.3, 0.4) is 0 Å². The van der Waals surface area contributed by atoms with Crippen LogP contribution in [0, 0.1) is 0 Å². The average molecular weight is 236 g/mol. The van der Waals surface area contributed by atoms with Crippen LogP contribution < -0.4 is 4.74 Å². The zero-order chi connectivity index (χ0) is 12.6. The van der Waals surface area contributed by atoms with Crippen molar-refractivity contribution in [2.45, 2.75) is 12.8 Å². The lowest BCUT2D eigenvalue weighted by molar-refractivity contribution is 0.0599. The quantitative estimate of drug-likeness (QED) is 0.784. The van der Waals surface area contributed by atoms with Gasteiger partial charge in [0.05, 0.1) is 25.3 Å². The van der Waals surface area contributed by atoms with Gasteiger partial charge in [0, 0.05) is 6.42 Å². The summed E-state index contributed by atoms with van der Waals surface area (Å²) in [5.74, 6) is -0.774. The molecule has 1 aromatic rings. The van der Waals surface area contributed by atoms with Crippen LogP contribution in [0.25, 0.3) is 0 Å². The van der Waals surface area contributed by atoms with E-state index in [-0.39, 0.29) is 22.8 Å². The van der Waals surface area contributed by atoms with Crippen molar-refractivity contribution in [3.63, 3.8) is 0 Å². The molecular formula is C12H12O5. The molecule has 0 unspecified atom stereocenters. The first-order chi connectivity index (χ1) is 8.10. The maximum absolute atomic E-state index is 11.7. The summed E-state index contributed by atoms with van der Waals surface area (Å²) < 4.78 is 9.63. The Bertz CT molecular complexity index is 504. The van der Waals surface area contributed by atoms with E-state index in [1.165, 1.54) is 20.3 Å². The second kappa shape index (κ2) is 4.08. The molecule has 0 bridgehead atoms. The number of methoxy groups -OCH3 is 2. The summed E-state index contributed by atoms with van der Waals surface area (Å²) in [5.41, 5.74) is 1.12. The van der Waals surface area contributed by atoms with Crippen molar-refractivity contribution in [1.29, 1.82) is 0 Å². The number of hydrogen-bond donors (Lipinski definition) is 1. The minimum absolute atomic E-state index is 0.127. The van der Waals surface area contributed by atoms with Crippen LogP contribution in [0.4, 0.5) is 0 Å². The number of ketones is 1. The summed E-state index contributed by atoms with van der Waals surface area (Å²) in [6, 6.07) is 1.28. The molecule has 1 N–H and O–H groups in total. The molecule has 17 heavy (non-hydrogen) atoms. The fourth-order valence-electron chi connectivity index (χ4n) is 2.11. The number of rotatable bonds is 2. The van der Waals surface area contributed by atoms with E-state index in [1.54, 1.807) is 0 Å². The smallest absolute Gasteiger partial charge is 0.338 e. The molecule has 0 amide bonds. The number of Topliss-reactive ketones (excluding diaryl/α,β-unsaturated/α-hetero) is 1. The van der Waals surface area contributed by atoms with E-state index in [1.807, 2.05) is 0 Å². The van der Waals surface area contributed by atoms with Gasteiger partial charge in [-0.15, -0.1) is 0 Å². The Kier molecular flexibility index (Phi) is 2.75. The summed E-state index contributed by atoms with van der Waals surface area (Å²) >= 11 is 0. The van der Waals surface area contributed by atoms with Gasteiger partial charge in [-0.2, -0.15) is 0 Å². The van der Waals surface area contributed by atoms with Crippen LogP contribution in [0.15, 0.2) is 6.07 Å². The average Bonchev–Trinajstić information content (AvgIpc) is 2.70. The third kappa shape index (κ3) is 1.63. The molecule has 1 aliphatic rings. The molecule has 0 heterocycles. The van der Waals surface area contributed by atoms with Crippen molar-refractivity contribution in [3.05, 3.63) is 22.8 Å². The predicted molar refractivity (Wildman–Crippen MR) is 58.6 cm³/mol. The van der Waals surface area contributed by atoms with Gasteiger partial charge in [0.1, 0.15) is 0 Å². The lowest BCUT2D eigenvalue weighted by Gasteiger charge is -2.11. The molecule has 5 nitrogen and oxygen atoms in total. The third-order valence-electron chi connectivity index (χ3n) is 2.86. The molecule has 0 saturated carbocycles. The number of phenolic OH excluding ortho intramolecular Hbond substituents is 1. The highest BCUT2D eigenvalue weighted by molar-refractivity contribution is 6.07. The van der Waals surface area contributed by atoms with E-state index in [9.17, 15) is 14.7 Å². The van der Waals surface area contributed by atoms with E-state index < -0.39 is 5.97 Å². The Hall–Kier alpha value is -2.04. The molecule has 1 aromatic carbocycles. The van der Waals surface area contributed by atoms with Crippen LogP contribution in [0.2, 0.25) is 0 Å².